The maximum atomic E-state index is 14.1. The van der Waals surface area contributed by atoms with Crippen LogP contribution in [0.3, 0.4) is 0 Å². The Morgan fingerprint density at radius 1 is 1.29 bits per heavy atom. The summed E-state index contributed by atoms with van der Waals surface area (Å²) in [4.78, 5) is 11.5. The van der Waals surface area contributed by atoms with Crippen LogP contribution in [0, 0.1) is 5.92 Å². The Hall–Kier alpha value is -0.400. The lowest BCUT2D eigenvalue weighted by molar-refractivity contribution is -0.123. The molecule has 1 nitrogen and oxygen atoms in total. The van der Waals surface area contributed by atoms with Crippen LogP contribution in [-0.4, -0.2) is 11.5 Å². The molecule has 1 saturated carbocycles. The van der Waals surface area contributed by atoms with Gasteiger partial charge in [-0.1, -0.05) is 33.1 Å². The molecule has 0 aromatic rings. The fraction of sp³-hybridized carbons (Fsp3) is 0.917. The predicted molar refractivity (Wildman–Crippen MR) is 56.0 cm³/mol. The maximum absolute atomic E-state index is 14.1. The van der Waals surface area contributed by atoms with Gasteiger partial charge in [0, 0.05) is 12.8 Å². The Labute approximate surface area is 86.1 Å². The highest BCUT2D eigenvalue weighted by molar-refractivity contribution is 5.79. The molecular formula is C12H21FO. The fourth-order valence-corrected chi connectivity index (χ4v) is 2.24. The summed E-state index contributed by atoms with van der Waals surface area (Å²) >= 11 is 0. The van der Waals surface area contributed by atoms with Crippen molar-refractivity contribution in [3.05, 3.63) is 0 Å². The number of Topliss-reactive ketones (excluding diaryl/α,β-unsaturated/α-hetero) is 1. The summed E-state index contributed by atoms with van der Waals surface area (Å²) in [5.41, 5.74) is -1.16. The van der Waals surface area contributed by atoms with Crippen molar-refractivity contribution in [3.8, 4) is 0 Å². The van der Waals surface area contributed by atoms with Crippen LogP contribution in [0.5, 0.6) is 0 Å². The van der Waals surface area contributed by atoms with Gasteiger partial charge in [0.2, 0.25) is 0 Å². The number of hydrogen-bond acceptors (Lipinski definition) is 1. The van der Waals surface area contributed by atoms with Crippen LogP contribution in [0.2, 0.25) is 0 Å². The van der Waals surface area contributed by atoms with E-state index in [0.29, 0.717) is 25.2 Å². The van der Waals surface area contributed by atoms with E-state index in [1.165, 1.54) is 0 Å². The Bertz CT molecular complexity index is 192. The van der Waals surface area contributed by atoms with Crippen LogP contribution in [-0.2, 0) is 4.79 Å². The van der Waals surface area contributed by atoms with E-state index in [1.807, 2.05) is 13.8 Å². The molecule has 0 atom stereocenters. The van der Waals surface area contributed by atoms with Gasteiger partial charge in [-0.3, -0.25) is 4.79 Å². The topological polar surface area (TPSA) is 17.1 Å². The van der Waals surface area contributed by atoms with Crippen molar-refractivity contribution in [1.82, 2.24) is 0 Å². The molecule has 0 bridgehead atoms. The number of carbonyl (C=O) groups excluding carboxylic acids is 1. The molecule has 2 heteroatoms. The third-order valence-electron chi connectivity index (χ3n) is 2.90. The summed E-state index contributed by atoms with van der Waals surface area (Å²) in [6, 6.07) is 0. The normalized spacial score (nSPS) is 21.1. The molecule has 14 heavy (non-hydrogen) atoms. The molecule has 0 N–H and O–H groups in total. The Balaban J connectivity index is 2.37. The maximum Gasteiger partial charge on any atom is 0.136 e. The molecule has 1 aliphatic carbocycles. The van der Waals surface area contributed by atoms with E-state index in [4.69, 9.17) is 0 Å². The van der Waals surface area contributed by atoms with E-state index >= 15 is 0 Å². The second-order valence-electron chi connectivity index (χ2n) is 5.02. The molecule has 0 amide bonds. The lowest BCUT2D eigenvalue weighted by Crippen LogP contribution is -2.29. The zero-order valence-electron chi connectivity index (χ0n) is 9.31. The van der Waals surface area contributed by atoms with Gasteiger partial charge in [0.1, 0.15) is 11.5 Å². The van der Waals surface area contributed by atoms with Gasteiger partial charge in [0.05, 0.1) is 0 Å². The van der Waals surface area contributed by atoms with Crippen LogP contribution in [0.15, 0.2) is 0 Å². The fourth-order valence-electron chi connectivity index (χ4n) is 2.24. The minimum absolute atomic E-state index is 0.101. The zero-order valence-corrected chi connectivity index (χ0v) is 9.31. The predicted octanol–water partition coefficient (Wildman–Crippen LogP) is 3.66. The van der Waals surface area contributed by atoms with Crippen molar-refractivity contribution in [2.75, 3.05) is 0 Å². The van der Waals surface area contributed by atoms with E-state index in [0.717, 1.165) is 19.3 Å². The van der Waals surface area contributed by atoms with Crippen molar-refractivity contribution in [2.45, 2.75) is 64.5 Å². The van der Waals surface area contributed by atoms with Gasteiger partial charge in [-0.25, -0.2) is 4.39 Å². The second-order valence-corrected chi connectivity index (χ2v) is 5.02. The highest BCUT2D eigenvalue weighted by Gasteiger charge is 2.33. The monoisotopic (exact) mass is 200 g/mol. The molecule has 0 unspecified atom stereocenters. The number of hydrogen-bond donors (Lipinski definition) is 0. The van der Waals surface area contributed by atoms with Gasteiger partial charge in [-0.05, 0) is 18.8 Å². The highest BCUT2D eigenvalue weighted by atomic mass is 19.1. The summed E-state index contributed by atoms with van der Waals surface area (Å²) in [5.74, 6) is 0.457. The van der Waals surface area contributed by atoms with Crippen LogP contribution in [0.4, 0.5) is 4.39 Å². The molecule has 0 heterocycles. The van der Waals surface area contributed by atoms with Gasteiger partial charge in [0.15, 0.2) is 0 Å². The largest absolute Gasteiger partial charge is 0.300 e. The first-order chi connectivity index (χ1) is 6.52. The molecule has 0 aromatic heterocycles. The number of rotatable bonds is 4. The molecule has 0 radical (unpaired) electrons. The molecule has 0 aliphatic heterocycles. The smallest absolute Gasteiger partial charge is 0.136 e. The third kappa shape index (κ3) is 3.77. The molecule has 1 aliphatic rings. The molecule has 1 rings (SSSR count). The van der Waals surface area contributed by atoms with Gasteiger partial charge in [-0.2, -0.15) is 0 Å². The molecule has 0 aromatic carbocycles. The van der Waals surface area contributed by atoms with Crippen LogP contribution < -0.4 is 0 Å². The first-order valence-electron chi connectivity index (χ1n) is 5.72. The highest BCUT2D eigenvalue weighted by Crippen LogP contribution is 2.35. The molecule has 0 saturated heterocycles. The second kappa shape index (κ2) is 4.90. The van der Waals surface area contributed by atoms with Gasteiger partial charge in [-0.15, -0.1) is 0 Å². The quantitative estimate of drug-likeness (QED) is 0.676. The van der Waals surface area contributed by atoms with Crippen molar-refractivity contribution in [1.29, 1.82) is 0 Å². The van der Waals surface area contributed by atoms with Crippen LogP contribution >= 0.6 is 0 Å². The van der Waals surface area contributed by atoms with E-state index in [1.54, 1.807) is 0 Å². The van der Waals surface area contributed by atoms with E-state index < -0.39 is 5.67 Å². The summed E-state index contributed by atoms with van der Waals surface area (Å²) in [6.45, 7) is 4.01. The summed E-state index contributed by atoms with van der Waals surface area (Å²) in [6.07, 6.45) is 4.91. The summed E-state index contributed by atoms with van der Waals surface area (Å²) < 4.78 is 14.1. The average Bonchev–Trinajstić information content (AvgIpc) is 2.02. The minimum Gasteiger partial charge on any atom is -0.300 e. The van der Waals surface area contributed by atoms with E-state index in [2.05, 4.69) is 0 Å². The average molecular weight is 200 g/mol. The first-order valence-corrected chi connectivity index (χ1v) is 5.72. The minimum atomic E-state index is -1.16. The Morgan fingerprint density at radius 2 is 1.86 bits per heavy atom. The zero-order chi connectivity index (χ0) is 10.6. The van der Waals surface area contributed by atoms with Gasteiger partial charge in [0.25, 0.3) is 0 Å². The number of ketones is 1. The summed E-state index contributed by atoms with van der Waals surface area (Å²) in [5, 5.41) is 0. The van der Waals surface area contributed by atoms with Crippen molar-refractivity contribution in [3.63, 3.8) is 0 Å². The Morgan fingerprint density at radius 3 is 2.36 bits per heavy atom. The molecular weight excluding hydrogens is 179 g/mol. The lowest BCUT2D eigenvalue weighted by Gasteiger charge is -2.28. The summed E-state index contributed by atoms with van der Waals surface area (Å²) in [7, 11) is 0. The van der Waals surface area contributed by atoms with E-state index in [9.17, 15) is 9.18 Å². The number of alkyl halides is 1. The standard InChI is InChI=1S/C12H21FO/c1-10(2)8-11(14)9-12(13)6-4-3-5-7-12/h10H,3-9H2,1-2H3. The molecule has 0 spiro atoms. The van der Waals surface area contributed by atoms with Crippen LogP contribution in [0.25, 0.3) is 0 Å². The number of halogens is 1. The van der Waals surface area contributed by atoms with Crippen molar-refractivity contribution < 1.29 is 9.18 Å². The molecule has 82 valence electrons. The third-order valence-corrected chi connectivity index (χ3v) is 2.90. The van der Waals surface area contributed by atoms with E-state index in [-0.39, 0.29) is 12.2 Å². The van der Waals surface area contributed by atoms with Crippen LogP contribution in [0.1, 0.15) is 58.8 Å². The van der Waals surface area contributed by atoms with Crippen molar-refractivity contribution in [2.24, 2.45) is 5.92 Å². The first kappa shape index (κ1) is 11.7. The van der Waals surface area contributed by atoms with Gasteiger partial charge >= 0.3 is 0 Å². The van der Waals surface area contributed by atoms with Gasteiger partial charge < -0.3 is 0 Å². The molecule has 1 fully saturated rings. The Kier molecular flexibility index (Phi) is 4.09. The number of carbonyl (C=O) groups is 1. The van der Waals surface area contributed by atoms with Crippen molar-refractivity contribution >= 4 is 5.78 Å². The SMILES string of the molecule is CC(C)CC(=O)CC1(F)CCCCC1. The lowest BCUT2D eigenvalue weighted by atomic mass is 9.82.